The van der Waals surface area contributed by atoms with E-state index in [0.717, 1.165) is 5.56 Å². The van der Waals surface area contributed by atoms with E-state index in [4.69, 9.17) is 15.2 Å². The van der Waals surface area contributed by atoms with Crippen LogP contribution in [0, 0.1) is 11.3 Å². The molecule has 0 spiro atoms. The van der Waals surface area contributed by atoms with Gasteiger partial charge < -0.3 is 20.5 Å². The molecule has 1 aliphatic heterocycles. The molecule has 8 nitrogen and oxygen atoms in total. The summed E-state index contributed by atoms with van der Waals surface area (Å²) in [6.45, 7) is 0.167. The van der Waals surface area contributed by atoms with Gasteiger partial charge in [-0.1, -0.05) is 36.4 Å². The van der Waals surface area contributed by atoms with Crippen LogP contribution in [-0.4, -0.2) is 41.7 Å². The number of hydrogen-bond donors (Lipinski definition) is 2. The van der Waals surface area contributed by atoms with Crippen LogP contribution in [0.3, 0.4) is 0 Å². The van der Waals surface area contributed by atoms with Crippen molar-refractivity contribution < 1.29 is 27.4 Å². The van der Waals surface area contributed by atoms with Crippen molar-refractivity contribution >= 4 is 11.7 Å². The molecule has 36 heavy (non-hydrogen) atoms. The molecule has 0 saturated carbocycles. The van der Waals surface area contributed by atoms with E-state index < -0.39 is 18.3 Å². The summed E-state index contributed by atoms with van der Waals surface area (Å²) in [4.78, 5) is 12.5. The monoisotopic (exact) mass is 499 g/mol. The first-order valence-electron chi connectivity index (χ1n) is 11.2. The van der Waals surface area contributed by atoms with Gasteiger partial charge in [0.05, 0.1) is 18.7 Å². The summed E-state index contributed by atoms with van der Waals surface area (Å²) in [6.07, 6.45) is -6.42. The number of carbonyl (C=O) groups excluding carboxylic acids is 1. The van der Waals surface area contributed by atoms with Gasteiger partial charge in [-0.3, -0.25) is 4.79 Å². The number of hydrogen-bond acceptors (Lipinski definition) is 6. The Morgan fingerprint density at radius 3 is 2.67 bits per heavy atom. The molecule has 2 unspecified atom stereocenters. The Bertz CT molecular complexity index is 1280. The lowest BCUT2D eigenvalue weighted by molar-refractivity contribution is -0.234. The molecular formula is C25H24F3N5O3. The zero-order chi connectivity index (χ0) is 25.9. The summed E-state index contributed by atoms with van der Waals surface area (Å²) in [6, 6.07) is 15.2. The van der Waals surface area contributed by atoms with Crippen molar-refractivity contribution in [1.29, 1.82) is 5.26 Å². The van der Waals surface area contributed by atoms with Crippen molar-refractivity contribution in [3.63, 3.8) is 0 Å². The van der Waals surface area contributed by atoms with E-state index in [1.807, 2.05) is 6.07 Å². The number of methoxy groups -OCH3 is 1. The fourth-order valence-electron chi connectivity index (χ4n) is 4.16. The maximum absolute atomic E-state index is 13.2. The number of nitrogen functional groups attached to an aromatic ring is 1. The average Bonchev–Trinajstić information content (AvgIpc) is 3.23. The van der Waals surface area contributed by atoms with Crippen LogP contribution in [0.25, 0.3) is 11.3 Å². The summed E-state index contributed by atoms with van der Waals surface area (Å²) in [5.74, 6) is 0.200. The number of aromatic nitrogens is 2. The molecule has 0 radical (unpaired) electrons. The van der Waals surface area contributed by atoms with E-state index in [1.54, 1.807) is 48.5 Å². The largest absolute Gasteiger partial charge is 0.496 e. The highest BCUT2D eigenvalue weighted by Crippen LogP contribution is 2.37. The third-order valence-corrected chi connectivity index (χ3v) is 6.06. The maximum Gasteiger partial charge on any atom is 0.414 e. The zero-order valence-electron chi connectivity index (χ0n) is 19.4. The highest BCUT2D eigenvalue weighted by Gasteiger charge is 2.44. The van der Waals surface area contributed by atoms with E-state index in [0.29, 0.717) is 23.3 Å². The van der Waals surface area contributed by atoms with Crippen molar-refractivity contribution in [3.05, 3.63) is 65.2 Å². The van der Waals surface area contributed by atoms with Crippen molar-refractivity contribution in [2.75, 3.05) is 19.5 Å². The first kappa shape index (κ1) is 25.1. The Balaban J connectivity index is 1.50. The minimum absolute atomic E-state index is 0.0217. The Hall–Kier alpha value is -4.04. The number of carbonyl (C=O) groups is 1. The molecule has 0 bridgehead atoms. The number of ether oxygens (including phenoxy) is 2. The van der Waals surface area contributed by atoms with Crippen LogP contribution in [0.5, 0.6) is 5.75 Å². The molecule has 1 amide bonds. The highest BCUT2D eigenvalue weighted by atomic mass is 19.4. The molecule has 188 valence electrons. The molecule has 1 fully saturated rings. The summed E-state index contributed by atoms with van der Waals surface area (Å²) in [7, 11) is 1.49. The van der Waals surface area contributed by atoms with Gasteiger partial charge in [0.2, 0.25) is 0 Å². The quantitative estimate of drug-likeness (QED) is 0.525. The number of nitriles is 1. The molecule has 11 heteroatoms. The Morgan fingerprint density at radius 1 is 1.28 bits per heavy atom. The van der Waals surface area contributed by atoms with Gasteiger partial charge in [0.25, 0.3) is 5.91 Å². The van der Waals surface area contributed by atoms with Crippen molar-refractivity contribution in [2.24, 2.45) is 0 Å². The molecule has 2 aromatic carbocycles. The Kier molecular flexibility index (Phi) is 7.17. The molecule has 1 aromatic heterocycles. The number of nitrogens with two attached hydrogens (primary N) is 1. The number of nitrogens with zero attached hydrogens (tertiary/aromatic N) is 3. The van der Waals surface area contributed by atoms with Crippen LogP contribution in [0.1, 0.15) is 40.4 Å². The van der Waals surface area contributed by atoms with Gasteiger partial charge in [0, 0.05) is 25.1 Å². The molecular weight excluding hydrogens is 475 g/mol. The topological polar surface area (TPSA) is 115 Å². The fourth-order valence-corrected chi connectivity index (χ4v) is 4.16. The van der Waals surface area contributed by atoms with Gasteiger partial charge in [-0.05, 0) is 24.1 Å². The third kappa shape index (κ3) is 5.13. The summed E-state index contributed by atoms with van der Waals surface area (Å²) in [5, 5.41) is 16.9. The van der Waals surface area contributed by atoms with Crippen LogP contribution in [0.2, 0.25) is 0 Å². The second kappa shape index (κ2) is 10.3. The van der Waals surface area contributed by atoms with Gasteiger partial charge in [-0.15, -0.1) is 0 Å². The second-order valence-corrected chi connectivity index (χ2v) is 8.32. The molecule has 2 heterocycles. The highest BCUT2D eigenvalue weighted by molar-refractivity contribution is 5.96. The number of rotatable bonds is 6. The number of para-hydroxylation sites is 1. The number of amides is 1. The molecule has 4 rings (SSSR count). The van der Waals surface area contributed by atoms with Gasteiger partial charge in [0.1, 0.15) is 28.9 Å². The van der Waals surface area contributed by atoms with E-state index in [1.165, 1.54) is 11.8 Å². The number of benzene rings is 2. The van der Waals surface area contributed by atoms with E-state index >= 15 is 0 Å². The lowest BCUT2D eigenvalue weighted by atomic mass is 10.0. The third-order valence-electron chi connectivity index (χ3n) is 6.06. The van der Waals surface area contributed by atoms with Gasteiger partial charge in [0.15, 0.2) is 6.10 Å². The summed E-state index contributed by atoms with van der Waals surface area (Å²) < 4.78 is 50.9. The number of anilines is 1. The van der Waals surface area contributed by atoms with Gasteiger partial charge in [-0.2, -0.15) is 23.5 Å². The smallest absolute Gasteiger partial charge is 0.414 e. The molecule has 0 aliphatic carbocycles. The number of halogens is 3. The minimum atomic E-state index is -4.49. The van der Waals surface area contributed by atoms with Crippen molar-refractivity contribution in [1.82, 2.24) is 15.1 Å². The van der Waals surface area contributed by atoms with E-state index in [9.17, 15) is 23.2 Å². The van der Waals surface area contributed by atoms with Crippen molar-refractivity contribution in [3.8, 4) is 23.1 Å². The molecule has 1 aliphatic rings. The fraction of sp³-hybridized carbons (Fsp3) is 0.320. The predicted molar refractivity (Wildman–Crippen MR) is 125 cm³/mol. The normalized spacial score (nSPS) is 17.9. The molecule has 3 N–H and O–H groups in total. The van der Waals surface area contributed by atoms with Crippen molar-refractivity contribution in [2.45, 2.75) is 37.7 Å². The van der Waals surface area contributed by atoms with Crippen LogP contribution in [-0.2, 0) is 11.3 Å². The van der Waals surface area contributed by atoms with Gasteiger partial charge >= 0.3 is 6.18 Å². The summed E-state index contributed by atoms with van der Waals surface area (Å²) >= 11 is 0. The Labute approximate surface area is 205 Å². The first-order valence-corrected chi connectivity index (χ1v) is 11.2. The molecule has 2 atom stereocenters. The first-order chi connectivity index (χ1) is 17.2. The lowest BCUT2D eigenvalue weighted by Crippen LogP contribution is -2.38. The zero-order valence-corrected chi connectivity index (χ0v) is 19.4. The lowest BCUT2D eigenvalue weighted by Gasteiger charge is -2.31. The van der Waals surface area contributed by atoms with Gasteiger partial charge in [-0.25, -0.2) is 4.68 Å². The average molecular weight is 499 g/mol. The SMILES string of the molecule is COc1ccccc1C(=O)NCc1ccc(-c2nn(C3CCOC(C(F)(F)F)C3)c(N)c2C#N)cc1. The molecule has 1 saturated heterocycles. The van der Waals surface area contributed by atoms with E-state index in [2.05, 4.69) is 10.4 Å². The number of alkyl halides is 3. The standard InChI is InChI=1S/C25H24F3N5O3/c1-35-20-5-3-2-4-18(20)24(34)31-14-15-6-8-16(9-7-15)22-19(13-29)23(30)33(32-22)17-10-11-36-21(12-17)25(26,27)28/h2-9,17,21H,10-12,14,30H2,1H3,(H,31,34). The minimum Gasteiger partial charge on any atom is -0.496 e. The van der Waals surface area contributed by atoms with Crippen LogP contribution in [0.15, 0.2) is 48.5 Å². The predicted octanol–water partition coefficient (Wildman–Crippen LogP) is 4.22. The Morgan fingerprint density at radius 2 is 2.00 bits per heavy atom. The maximum atomic E-state index is 13.2. The van der Waals surface area contributed by atoms with Crippen LogP contribution < -0.4 is 15.8 Å². The number of nitrogens with one attached hydrogen (secondary N) is 1. The summed E-state index contributed by atoms with van der Waals surface area (Å²) in [5.41, 5.74) is 8.30. The van der Waals surface area contributed by atoms with E-state index in [-0.39, 0.29) is 42.6 Å². The van der Waals surface area contributed by atoms with Crippen LogP contribution >= 0.6 is 0 Å². The second-order valence-electron chi connectivity index (χ2n) is 8.32. The molecule has 3 aromatic rings. The van der Waals surface area contributed by atoms with Crippen LogP contribution in [0.4, 0.5) is 19.0 Å².